The first-order valence-electron chi connectivity index (χ1n) is 6.73. The molecule has 0 saturated carbocycles. The van der Waals surface area contributed by atoms with Gasteiger partial charge in [0.05, 0.1) is 18.5 Å². The van der Waals surface area contributed by atoms with Crippen LogP contribution in [0.1, 0.15) is 17.3 Å². The number of amides is 1. The first kappa shape index (κ1) is 16.0. The maximum absolute atomic E-state index is 12.1. The fraction of sp³-hybridized carbons (Fsp3) is 0.267. The molecule has 0 aliphatic heterocycles. The number of anilines is 1. The SMILES string of the molecule is CCOC(=O)c1cnn(-c2ccccc2)c1N(C)C(=O)CCl. The van der Waals surface area contributed by atoms with Crippen LogP contribution in [0.4, 0.5) is 5.82 Å². The van der Waals surface area contributed by atoms with Gasteiger partial charge in [0.1, 0.15) is 11.4 Å². The average Bonchev–Trinajstić information content (AvgIpc) is 2.99. The molecule has 1 heterocycles. The highest BCUT2D eigenvalue weighted by atomic mass is 35.5. The second-order valence-corrected chi connectivity index (χ2v) is 4.70. The lowest BCUT2D eigenvalue weighted by molar-refractivity contribution is -0.116. The summed E-state index contributed by atoms with van der Waals surface area (Å²) in [5.74, 6) is -0.743. The van der Waals surface area contributed by atoms with Crippen LogP contribution in [-0.2, 0) is 9.53 Å². The Labute approximate surface area is 133 Å². The number of rotatable bonds is 5. The van der Waals surface area contributed by atoms with Crippen molar-refractivity contribution in [3.05, 3.63) is 42.1 Å². The summed E-state index contributed by atoms with van der Waals surface area (Å²) < 4.78 is 6.53. The number of para-hydroxylation sites is 1. The summed E-state index contributed by atoms with van der Waals surface area (Å²) in [4.78, 5) is 25.3. The van der Waals surface area contributed by atoms with Gasteiger partial charge in [-0.1, -0.05) is 18.2 Å². The first-order chi connectivity index (χ1) is 10.6. The van der Waals surface area contributed by atoms with Gasteiger partial charge in [0, 0.05) is 7.05 Å². The van der Waals surface area contributed by atoms with Gasteiger partial charge in [-0.25, -0.2) is 9.48 Å². The van der Waals surface area contributed by atoms with Gasteiger partial charge in [-0.2, -0.15) is 5.10 Å². The van der Waals surface area contributed by atoms with E-state index in [1.807, 2.05) is 30.3 Å². The van der Waals surface area contributed by atoms with Crippen LogP contribution >= 0.6 is 11.6 Å². The topological polar surface area (TPSA) is 64.4 Å². The van der Waals surface area contributed by atoms with Gasteiger partial charge in [-0.15, -0.1) is 11.6 Å². The Bertz CT molecular complexity index is 670. The molecule has 0 radical (unpaired) electrons. The Morgan fingerprint density at radius 1 is 1.32 bits per heavy atom. The maximum atomic E-state index is 12.1. The number of carbonyl (C=O) groups is 2. The number of esters is 1. The lowest BCUT2D eigenvalue weighted by atomic mass is 10.3. The van der Waals surface area contributed by atoms with E-state index in [1.165, 1.54) is 15.8 Å². The third kappa shape index (κ3) is 3.12. The number of nitrogens with zero attached hydrogens (tertiary/aromatic N) is 3. The van der Waals surface area contributed by atoms with Gasteiger partial charge in [0.2, 0.25) is 5.91 Å². The molecule has 0 N–H and O–H groups in total. The quantitative estimate of drug-likeness (QED) is 0.626. The lowest BCUT2D eigenvalue weighted by Gasteiger charge is -2.19. The van der Waals surface area contributed by atoms with Crippen LogP contribution in [-0.4, -0.2) is 41.2 Å². The number of hydrogen-bond acceptors (Lipinski definition) is 4. The molecular weight excluding hydrogens is 306 g/mol. The van der Waals surface area contributed by atoms with Gasteiger partial charge in [0.15, 0.2) is 5.82 Å². The largest absolute Gasteiger partial charge is 0.462 e. The van der Waals surface area contributed by atoms with E-state index in [9.17, 15) is 9.59 Å². The summed E-state index contributed by atoms with van der Waals surface area (Å²) in [6.07, 6.45) is 1.39. The first-order valence-corrected chi connectivity index (χ1v) is 7.26. The van der Waals surface area contributed by atoms with Crippen molar-refractivity contribution in [2.45, 2.75) is 6.92 Å². The lowest BCUT2D eigenvalue weighted by Crippen LogP contribution is -2.30. The summed E-state index contributed by atoms with van der Waals surface area (Å²) in [5, 5.41) is 4.21. The van der Waals surface area contributed by atoms with Crippen molar-refractivity contribution in [1.29, 1.82) is 0 Å². The monoisotopic (exact) mass is 321 g/mol. The average molecular weight is 322 g/mol. The van der Waals surface area contributed by atoms with Gasteiger partial charge < -0.3 is 4.74 Å². The second-order valence-electron chi connectivity index (χ2n) is 4.44. The molecule has 2 aromatic rings. The summed E-state index contributed by atoms with van der Waals surface area (Å²) >= 11 is 5.62. The molecule has 6 nitrogen and oxygen atoms in total. The molecule has 7 heteroatoms. The Morgan fingerprint density at radius 2 is 2.00 bits per heavy atom. The van der Waals surface area contributed by atoms with Crippen molar-refractivity contribution in [2.24, 2.45) is 0 Å². The van der Waals surface area contributed by atoms with E-state index in [0.29, 0.717) is 5.82 Å². The van der Waals surface area contributed by atoms with Crippen LogP contribution in [0.5, 0.6) is 0 Å². The second kappa shape index (κ2) is 7.09. The number of halogens is 1. The summed E-state index contributed by atoms with van der Waals surface area (Å²) in [5.41, 5.74) is 0.939. The molecule has 0 fully saturated rings. The van der Waals surface area contributed by atoms with Crippen molar-refractivity contribution < 1.29 is 14.3 Å². The van der Waals surface area contributed by atoms with E-state index in [4.69, 9.17) is 16.3 Å². The molecule has 1 aromatic carbocycles. The maximum Gasteiger partial charge on any atom is 0.343 e. The third-order valence-electron chi connectivity index (χ3n) is 3.05. The predicted molar refractivity (Wildman–Crippen MR) is 83.7 cm³/mol. The van der Waals surface area contributed by atoms with Gasteiger partial charge in [-0.05, 0) is 19.1 Å². The summed E-state index contributed by atoms with van der Waals surface area (Å²) in [6, 6.07) is 9.20. The minimum Gasteiger partial charge on any atom is -0.462 e. The van der Waals surface area contributed by atoms with Gasteiger partial charge in [0.25, 0.3) is 0 Å². The Morgan fingerprint density at radius 3 is 2.59 bits per heavy atom. The van der Waals surface area contributed by atoms with Crippen molar-refractivity contribution in [1.82, 2.24) is 9.78 Å². The summed E-state index contributed by atoms with van der Waals surface area (Å²) in [7, 11) is 1.55. The fourth-order valence-electron chi connectivity index (χ4n) is 1.98. The highest BCUT2D eigenvalue weighted by Crippen LogP contribution is 2.24. The van der Waals surface area contributed by atoms with E-state index in [-0.39, 0.29) is 24.0 Å². The van der Waals surface area contributed by atoms with E-state index < -0.39 is 5.97 Å². The number of carbonyl (C=O) groups excluding carboxylic acids is 2. The Kier molecular flexibility index (Phi) is 5.16. The summed E-state index contributed by atoms with van der Waals surface area (Å²) in [6.45, 7) is 1.95. The van der Waals surface area contributed by atoms with Crippen LogP contribution in [0.15, 0.2) is 36.5 Å². The standard InChI is InChI=1S/C15H16ClN3O3/c1-3-22-15(21)12-10-17-19(11-7-5-4-6-8-11)14(12)18(2)13(20)9-16/h4-8,10H,3,9H2,1-2H3. The Balaban J connectivity index is 2.55. The zero-order chi connectivity index (χ0) is 16.1. The van der Waals surface area contributed by atoms with Gasteiger partial charge >= 0.3 is 5.97 Å². The zero-order valence-corrected chi connectivity index (χ0v) is 13.1. The van der Waals surface area contributed by atoms with E-state index >= 15 is 0 Å². The number of ether oxygens (including phenoxy) is 1. The number of hydrogen-bond donors (Lipinski definition) is 0. The fourth-order valence-corrected chi connectivity index (χ4v) is 2.16. The predicted octanol–water partition coefficient (Wildman–Crippen LogP) is 2.25. The molecule has 2 rings (SSSR count). The minimum atomic E-state index is -0.533. The smallest absolute Gasteiger partial charge is 0.343 e. The molecule has 0 saturated heterocycles. The highest BCUT2D eigenvalue weighted by Gasteiger charge is 2.25. The number of aromatic nitrogens is 2. The van der Waals surface area contributed by atoms with Crippen LogP contribution < -0.4 is 4.90 Å². The number of alkyl halides is 1. The molecule has 0 aliphatic rings. The minimum absolute atomic E-state index is 0.196. The molecule has 1 aromatic heterocycles. The molecule has 22 heavy (non-hydrogen) atoms. The highest BCUT2D eigenvalue weighted by molar-refractivity contribution is 6.29. The molecule has 0 spiro atoms. The molecule has 0 bridgehead atoms. The van der Waals surface area contributed by atoms with Crippen molar-refractivity contribution >= 4 is 29.3 Å². The van der Waals surface area contributed by atoms with Gasteiger partial charge in [-0.3, -0.25) is 9.69 Å². The normalized spacial score (nSPS) is 10.3. The van der Waals surface area contributed by atoms with E-state index in [1.54, 1.807) is 14.0 Å². The number of benzene rings is 1. The van der Waals surface area contributed by atoms with Crippen LogP contribution in [0, 0.1) is 0 Å². The van der Waals surface area contributed by atoms with Crippen LogP contribution in [0.2, 0.25) is 0 Å². The molecule has 116 valence electrons. The zero-order valence-electron chi connectivity index (χ0n) is 12.3. The molecule has 0 aliphatic carbocycles. The van der Waals surface area contributed by atoms with Crippen molar-refractivity contribution in [2.75, 3.05) is 24.4 Å². The third-order valence-corrected chi connectivity index (χ3v) is 3.27. The Hall–Kier alpha value is -2.34. The van der Waals surface area contributed by atoms with Crippen molar-refractivity contribution in [3.63, 3.8) is 0 Å². The van der Waals surface area contributed by atoms with E-state index in [2.05, 4.69) is 5.10 Å². The molecule has 0 unspecified atom stereocenters. The molecule has 1 amide bonds. The molecule has 0 atom stereocenters. The van der Waals surface area contributed by atoms with Crippen LogP contribution in [0.3, 0.4) is 0 Å². The van der Waals surface area contributed by atoms with E-state index in [0.717, 1.165) is 5.69 Å². The van der Waals surface area contributed by atoms with Crippen LogP contribution in [0.25, 0.3) is 5.69 Å². The van der Waals surface area contributed by atoms with Crippen molar-refractivity contribution in [3.8, 4) is 5.69 Å². The molecular formula is C15H16ClN3O3.